The van der Waals surface area contributed by atoms with Crippen LogP contribution in [0.4, 0.5) is 0 Å². The zero-order valence-corrected chi connectivity index (χ0v) is 14.0. The lowest BCUT2D eigenvalue weighted by atomic mass is 10.2. The highest BCUT2D eigenvalue weighted by atomic mass is 32.2. The Hall–Kier alpha value is -1.75. The molecule has 0 spiro atoms. The molecule has 120 valence electrons. The van der Waals surface area contributed by atoms with Crippen LogP contribution in [0.5, 0.6) is 0 Å². The SMILES string of the molecule is O=C(CCSc1ccccc1)N1CCn2nc(C3CC3)cc2C1. The Labute approximate surface area is 140 Å². The van der Waals surface area contributed by atoms with Gasteiger partial charge in [0.1, 0.15) is 0 Å². The van der Waals surface area contributed by atoms with Crippen LogP contribution in [0.2, 0.25) is 0 Å². The van der Waals surface area contributed by atoms with Crippen molar-refractivity contribution in [3.05, 3.63) is 47.8 Å². The number of carbonyl (C=O) groups excluding carboxylic acids is 1. The van der Waals surface area contributed by atoms with Crippen LogP contribution in [-0.2, 0) is 17.9 Å². The van der Waals surface area contributed by atoms with E-state index in [0.717, 1.165) is 18.8 Å². The van der Waals surface area contributed by atoms with Gasteiger partial charge in [-0.15, -0.1) is 11.8 Å². The van der Waals surface area contributed by atoms with Gasteiger partial charge in [0.05, 0.1) is 24.5 Å². The van der Waals surface area contributed by atoms with Crippen LogP contribution in [0.1, 0.15) is 36.6 Å². The van der Waals surface area contributed by atoms with E-state index in [2.05, 4.69) is 28.0 Å². The standard InChI is InChI=1S/C18H21N3OS/c22-18(8-11-23-16-4-2-1-3-5-16)20-9-10-21-15(13-20)12-17(19-21)14-6-7-14/h1-5,12,14H,6-11,13H2. The molecule has 2 aliphatic rings. The van der Waals surface area contributed by atoms with Gasteiger partial charge in [0.25, 0.3) is 0 Å². The molecule has 4 nitrogen and oxygen atoms in total. The molecule has 0 atom stereocenters. The number of carbonyl (C=O) groups is 1. The molecular formula is C18H21N3OS. The van der Waals surface area contributed by atoms with Crippen LogP contribution in [0.15, 0.2) is 41.3 Å². The minimum atomic E-state index is 0.258. The van der Waals surface area contributed by atoms with Gasteiger partial charge in [0.15, 0.2) is 0 Å². The van der Waals surface area contributed by atoms with Gasteiger partial charge >= 0.3 is 0 Å². The molecule has 5 heteroatoms. The number of hydrogen-bond acceptors (Lipinski definition) is 3. The number of aromatic nitrogens is 2. The number of rotatable bonds is 5. The summed E-state index contributed by atoms with van der Waals surface area (Å²) in [6.07, 6.45) is 3.15. The third kappa shape index (κ3) is 3.44. The zero-order valence-electron chi connectivity index (χ0n) is 13.1. The summed E-state index contributed by atoms with van der Waals surface area (Å²) in [6.45, 7) is 2.34. The van der Waals surface area contributed by atoms with E-state index in [-0.39, 0.29) is 5.91 Å². The smallest absolute Gasteiger partial charge is 0.223 e. The highest BCUT2D eigenvalue weighted by Gasteiger charge is 2.29. The maximum Gasteiger partial charge on any atom is 0.223 e. The second-order valence-corrected chi connectivity index (χ2v) is 7.45. The second-order valence-electron chi connectivity index (χ2n) is 6.28. The summed E-state index contributed by atoms with van der Waals surface area (Å²) in [5.74, 6) is 1.78. The van der Waals surface area contributed by atoms with Gasteiger partial charge in [0.2, 0.25) is 5.91 Å². The Balaban J connectivity index is 1.30. The monoisotopic (exact) mass is 327 g/mol. The minimum Gasteiger partial charge on any atom is -0.335 e. The molecule has 0 saturated heterocycles. The summed E-state index contributed by atoms with van der Waals surface area (Å²) in [6, 6.07) is 12.5. The first kappa shape index (κ1) is 14.8. The number of nitrogens with zero attached hydrogens (tertiary/aromatic N) is 3. The summed E-state index contributed by atoms with van der Waals surface area (Å²) in [5, 5.41) is 4.68. The van der Waals surface area contributed by atoms with Gasteiger partial charge in [-0.3, -0.25) is 9.48 Å². The maximum atomic E-state index is 12.4. The molecule has 1 amide bonds. The summed E-state index contributed by atoms with van der Waals surface area (Å²) in [4.78, 5) is 15.6. The van der Waals surface area contributed by atoms with E-state index >= 15 is 0 Å². The summed E-state index contributed by atoms with van der Waals surface area (Å²) >= 11 is 1.75. The second kappa shape index (κ2) is 6.40. The summed E-state index contributed by atoms with van der Waals surface area (Å²) < 4.78 is 2.09. The third-order valence-corrected chi connectivity index (χ3v) is 5.51. The molecule has 1 aromatic carbocycles. The van der Waals surface area contributed by atoms with Crippen molar-refractivity contribution in [3.8, 4) is 0 Å². The third-order valence-electron chi connectivity index (χ3n) is 4.49. The Bertz CT molecular complexity index is 694. The number of fused-ring (bicyclic) bond motifs is 1. The Morgan fingerprint density at radius 2 is 2.04 bits per heavy atom. The van der Waals surface area contributed by atoms with Crippen LogP contribution in [0.25, 0.3) is 0 Å². The topological polar surface area (TPSA) is 38.1 Å². The van der Waals surface area contributed by atoms with E-state index in [0.29, 0.717) is 18.9 Å². The summed E-state index contributed by atoms with van der Waals surface area (Å²) in [7, 11) is 0. The van der Waals surface area contributed by atoms with Crippen LogP contribution < -0.4 is 0 Å². The molecule has 1 aromatic heterocycles. The lowest BCUT2D eigenvalue weighted by molar-refractivity contribution is -0.132. The van der Waals surface area contributed by atoms with E-state index in [1.165, 1.54) is 29.1 Å². The van der Waals surface area contributed by atoms with Crippen LogP contribution in [0.3, 0.4) is 0 Å². The van der Waals surface area contributed by atoms with Gasteiger partial charge in [-0.05, 0) is 31.0 Å². The highest BCUT2D eigenvalue weighted by Crippen LogP contribution is 2.39. The molecule has 0 bridgehead atoms. The van der Waals surface area contributed by atoms with Gasteiger partial charge in [0, 0.05) is 29.5 Å². The molecule has 0 N–H and O–H groups in total. The van der Waals surface area contributed by atoms with Crippen molar-refractivity contribution in [1.29, 1.82) is 0 Å². The van der Waals surface area contributed by atoms with Crippen molar-refractivity contribution < 1.29 is 4.79 Å². The highest BCUT2D eigenvalue weighted by molar-refractivity contribution is 7.99. The number of amides is 1. The van der Waals surface area contributed by atoms with E-state index in [9.17, 15) is 4.79 Å². The fraction of sp³-hybridized carbons (Fsp3) is 0.444. The first-order valence-corrected chi connectivity index (χ1v) is 9.30. The van der Waals surface area contributed by atoms with Gasteiger partial charge in [-0.2, -0.15) is 5.10 Å². The Kier molecular flexibility index (Phi) is 4.12. The van der Waals surface area contributed by atoms with Crippen LogP contribution >= 0.6 is 11.8 Å². The number of thioether (sulfide) groups is 1. The molecule has 4 rings (SSSR count). The molecule has 1 fully saturated rings. The summed E-state index contributed by atoms with van der Waals surface area (Å²) in [5.41, 5.74) is 2.43. The Morgan fingerprint density at radius 1 is 1.22 bits per heavy atom. The molecule has 0 radical (unpaired) electrons. The van der Waals surface area contributed by atoms with E-state index in [1.54, 1.807) is 11.8 Å². The predicted molar refractivity (Wildman–Crippen MR) is 91.4 cm³/mol. The van der Waals surface area contributed by atoms with Gasteiger partial charge in [-0.25, -0.2) is 0 Å². The van der Waals surface area contributed by atoms with Crippen molar-refractivity contribution in [2.45, 2.75) is 43.2 Å². The van der Waals surface area contributed by atoms with Crippen molar-refractivity contribution in [2.24, 2.45) is 0 Å². The first-order chi connectivity index (χ1) is 11.3. The lowest BCUT2D eigenvalue weighted by Gasteiger charge is -2.27. The maximum absolute atomic E-state index is 12.4. The molecule has 2 heterocycles. The van der Waals surface area contributed by atoms with Crippen molar-refractivity contribution in [1.82, 2.24) is 14.7 Å². The molecule has 0 unspecified atom stereocenters. The molecule has 1 aliphatic carbocycles. The molecule has 2 aromatic rings. The largest absolute Gasteiger partial charge is 0.335 e. The van der Waals surface area contributed by atoms with Crippen molar-refractivity contribution in [2.75, 3.05) is 12.3 Å². The fourth-order valence-electron chi connectivity index (χ4n) is 3.01. The zero-order chi connectivity index (χ0) is 15.6. The number of benzene rings is 1. The average Bonchev–Trinajstić information content (AvgIpc) is 3.34. The molecule has 1 saturated carbocycles. The normalized spacial score (nSPS) is 17.1. The molecular weight excluding hydrogens is 306 g/mol. The van der Waals surface area contributed by atoms with Gasteiger partial charge < -0.3 is 4.90 Å². The quantitative estimate of drug-likeness (QED) is 0.791. The fourth-order valence-corrected chi connectivity index (χ4v) is 3.87. The van der Waals surface area contributed by atoms with E-state index < -0.39 is 0 Å². The van der Waals surface area contributed by atoms with Gasteiger partial charge in [-0.1, -0.05) is 18.2 Å². The predicted octanol–water partition coefficient (Wildman–Crippen LogP) is 3.29. The van der Waals surface area contributed by atoms with Crippen molar-refractivity contribution >= 4 is 17.7 Å². The van der Waals surface area contributed by atoms with E-state index in [1.807, 2.05) is 23.1 Å². The van der Waals surface area contributed by atoms with Crippen molar-refractivity contribution in [3.63, 3.8) is 0 Å². The van der Waals surface area contributed by atoms with Crippen LogP contribution in [-0.4, -0.2) is 32.9 Å². The average molecular weight is 327 g/mol. The molecule has 23 heavy (non-hydrogen) atoms. The number of hydrogen-bond donors (Lipinski definition) is 0. The van der Waals surface area contributed by atoms with E-state index in [4.69, 9.17) is 0 Å². The Morgan fingerprint density at radius 3 is 2.83 bits per heavy atom. The van der Waals surface area contributed by atoms with Crippen LogP contribution in [0, 0.1) is 0 Å². The lowest BCUT2D eigenvalue weighted by Crippen LogP contribution is -2.38. The minimum absolute atomic E-state index is 0.258. The first-order valence-electron chi connectivity index (χ1n) is 8.32. The molecule has 1 aliphatic heterocycles.